The molecule has 9 heteroatoms. The van der Waals surface area contributed by atoms with Crippen LogP contribution in [0.25, 0.3) is 0 Å². The highest BCUT2D eigenvalue weighted by Gasteiger charge is 2.22. The summed E-state index contributed by atoms with van der Waals surface area (Å²) in [6.45, 7) is 4.71. The van der Waals surface area contributed by atoms with E-state index in [1.165, 1.54) is 154 Å². The van der Waals surface area contributed by atoms with Crippen molar-refractivity contribution in [3.63, 3.8) is 0 Å². The lowest BCUT2D eigenvalue weighted by molar-refractivity contribution is -0.870. The number of aliphatic carboxylic acids is 1. The van der Waals surface area contributed by atoms with Crippen LogP contribution in [0.1, 0.15) is 258 Å². The van der Waals surface area contributed by atoms with Gasteiger partial charge in [-0.15, -0.1) is 0 Å². The van der Waals surface area contributed by atoms with Crippen LogP contribution in [0.5, 0.6) is 0 Å². The number of nitrogens with zero attached hydrogens (tertiary/aromatic N) is 1. The number of carbonyl (C=O) groups is 3. The van der Waals surface area contributed by atoms with E-state index in [0.717, 1.165) is 70.6 Å². The van der Waals surface area contributed by atoms with Crippen LogP contribution in [0.15, 0.2) is 60.8 Å². The van der Waals surface area contributed by atoms with Crippen molar-refractivity contribution >= 4 is 17.9 Å². The number of allylic oxidation sites excluding steroid dienone is 10. The Morgan fingerprint density at radius 3 is 1.15 bits per heavy atom. The predicted molar refractivity (Wildman–Crippen MR) is 297 cm³/mol. The van der Waals surface area contributed by atoms with Crippen LogP contribution in [0, 0.1) is 0 Å². The fraction of sp³-hybridized carbons (Fsp3) is 0.790. The van der Waals surface area contributed by atoms with E-state index >= 15 is 0 Å². The standard InChI is InChI=1S/C62H111NO8/c1-6-8-10-12-14-16-18-20-22-23-24-25-26-27-28-29-30-31-32-33-34-35-36-37-39-41-43-45-47-49-51-53-60(65)71-58(57-70-62(61(66)67)68-55-54-63(3,4)5)56-69-59(64)52-50-48-46-44-42-40-38-21-19-17-15-13-11-9-7-2/h15,17-18,20-21,23-24,26-27,38,58,62H,6-14,16,19,22,25,28-37,39-57H2,1-5H3/b17-15-,20-18-,24-23-,27-26-,38-21-. The van der Waals surface area contributed by atoms with Gasteiger partial charge in [-0.25, -0.2) is 0 Å². The molecule has 0 amide bonds. The van der Waals surface area contributed by atoms with Gasteiger partial charge in [0.1, 0.15) is 13.2 Å². The zero-order valence-corrected chi connectivity index (χ0v) is 46.8. The van der Waals surface area contributed by atoms with Gasteiger partial charge in [-0.3, -0.25) is 9.59 Å². The number of carboxylic acid groups (broad SMARTS) is 1. The summed E-state index contributed by atoms with van der Waals surface area (Å²) in [7, 11) is 5.92. The third-order valence-electron chi connectivity index (χ3n) is 12.7. The maximum Gasteiger partial charge on any atom is 0.306 e. The summed E-state index contributed by atoms with van der Waals surface area (Å²) < 4.78 is 22.7. The molecule has 2 atom stereocenters. The molecule has 0 spiro atoms. The van der Waals surface area contributed by atoms with Crippen LogP contribution < -0.4 is 5.11 Å². The number of ether oxygens (including phenoxy) is 4. The van der Waals surface area contributed by atoms with E-state index in [-0.39, 0.29) is 38.6 Å². The first-order valence-corrected chi connectivity index (χ1v) is 29.4. The highest BCUT2D eigenvalue weighted by Crippen LogP contribution is 2.16. The molecule has 0 N–H and O–H groups in total. The van der Waals surface area contributed by atoms with E-state index in [1.807, 2.05) is 21.1 Å². The van der Waals surface area contributed by atoms with Gasteiger partial charge >= 0.3 is 11.9 Å². The van der Waals surface area contributed by atoms with Crippen molar-refractivity contribution in [2.45, 2.75) is 270 Å². The lowest BCUT2D eigenvalue weighted by Crippen LogP contribution is -2.44. The van der Waals surface area contributed by atoms with E-state index in [1.54, 1.807) is 0 Å². The molecule has 0 aliphatic carbocycles. The Hall–Kier alpha value is -3.01. The molecule has 0 bridgehead atoms. The number of carboxylic acids is 1. The van der Waals surface area contributed by atoms with Crippen molar-refractivity contribution < 1.29 is 42.9 Å². The van der Waals surface area contributed by atoms with Gasteiger partial charge in [0.2, 0.25) is 0 Å². The Labute approximate surface area is 437 Å². The molecule has 0 aliphatic rings. The van der Waals surface area contributed by atoms with Crippen LogP contribution >= 0.6 is 0 Å². The number of likely N-dealkylation sites (N-methyl/N-ethyl adjacent to an activating group) is 1. The quantitative estimate of drug-likeness (QED) is 0.0195. The maximum atomic E-state index is 12.9. The fourth-order valence-electron chi connectivity index (χ4n) is 8.16. The minimum absolute atomic E-state index is 0.144. The summed E-state index contributed by atoms with van der Waals surface area (Å²) >= 11 is 0. The highest BCUT2D eigenvalue weighted by molar-refractivity contribution is 5.70. The molecule has 0 saturated heterocycles. The lowest BCUT2D eigenvalue weighted by atomic mass is 10.0. The molecular weight excluding hydrogens is 887 g/mol. The van der Waals surface area contributed by atoms with Gasteiger partial charge in [-0.1, -0.05) is 222 Å². The van der Waals surface area contributed by atoms with E-state index in [9.17, 15) is 19.5 Å². The van der Waals surface area contributed by atoms with Crippen LogP contribution in [0.3, 0.4) is 0 Å². The molecule has 71 heavy (non-hydrogen) atoms. The van der Waals surface area contributed by atoms with Gasteiger partial charge in [0.05, 0.1) is 40.3 Å². The predicted octanol–water partition coefficient (Wildman–Crippen LogP) is 15.9. The molecule has 0 aromatic heterocycles. The van der Waals surface area contributed by atoms with Crippen molar-refractivity contribution in [3.8, 4) is 0 Å². The lowest BCUT2D eigenvalue weighted by Gasteiger charge is -2.26. The molecule has 0 rings (SSSR count). The monoisotopic (exact) mass is 998 g/mol. The van der Waals surface area contributed by atoms with Gasteiger partial charge in [-0.05, 0) is 83.5 Å². The Bertz CT molecular complexity index is 1350. The second-order valence-electron chi connectivity index (χ2n) is 20.9. The molecule has 412 valence electrons. The van der Waals surface area contributed by atoms with E-state index in [0.29, 0.717) is 17.4 Å². The van der Waals surface area contributed by atoms with E-state index < -0.39 is 24.3 Å². The van der Waals surface area contributed by atoms with Crippen LogP contribution in [0.4, 0.5) is 0 Å². The molecule has 0 aromatic rings. The summed E-state index contributed by atoms with van der Waals surface area (Å²) in [6.07, 6.45) is 64.2. The minimum atomic E-state index is -1.62. The number of rotatable bonds is 54. The number of unbranched alkanes of at least 4 members (excludes halogenated alkanes) is 29. The molecule has 0 aromatic carbocycles. The van der Waals surface area contributed by atoms with Crippen LogP contribution in [-0.2, 0) is 33.3 Å². The average Bonchev–Trinajstić information content (AvgIpc) is 3.34. The molecule has 0 aliphatic heterocycles. The average molecular weight is 999 g/mol. The molecule has 0 fully saturated rings. The second-order valence-corrected chi connectivity index (χ2v) is 20.9. The Kier molecular flexibility index (Phi) is 51.0. The number of hydrogen-bond acceptors (Lipinski definition) is 8. The summed E-state index contributed by atoms with van der Waals surface area (Å²) in [5.74, 6) is -2.30. The Balaban J connectivity index is 4.15. The summed E-state index contributed by atoms with van der Waals surface area (Å²) in [5.41, 5.74) is 0. The summed E-state index contributed by atoms with van der Waals surface area (Å²) in [4.78, 5) is 37.2. The van der Waals surface area contributed by atoms with Gasteiger partial charge < -0.3 is 33.3 Å². The number of hydrogen-bond donors (Lipinski definition) is 0. The first-order valence-electron chi connectivity index (χ1n) is 29.4. The zero-order valence-electron chi connectivity index (χ0n) is 46.8. The van der Waals surface area contributed by atoms with E-state index in [2.05, 4.69) is 74.6 Å². The van der Waals surface area contributed by atoms with Crippen molar-refractivity contribution in [1.29, 1.82) is 0 Å². The molecular formula is C62H111NO8. The number of carbonyl (C=O) groups excluding carboxylic acids is 3. The van der Waals surface area contributed by atoms with E-state index in [4.69, 9.17) is 18.9 Å². The van der Waals surface area contributed by atoms with Crippen molar-refractivity contribution in [1.82, 2.24) is 0 Å². The summed E-state index contributed by atoms with van der Waals surface area (Å²) in [5, 5.41) is 11.8. The number of esters is 2. The summed E-state index contributed by atoms with van der Waals surface area (Å²) in [6, 6.07) is 0. The minimum Gasteiger partial charge on any atom is -0.545 e. The van der Waals surface area contributed by atoms with Gasteiger partial charge in [0.15, 0.2) is 12.4 Å². The molecule has 0 heterocycles. The fourth-order valence-corrected chi connectivity index (χ4v) is 8.16. The normalized spacial score (nSPS) is 13.2. The first kappa shape index (κ1) is 68.0. The third kappa shape index (κ3) is 54.6. The van der Waals surface area contributed by atoms with Gasteiger partial charge in [0, 0.05) is 12.8 Å². The zero-order chi connectivity index (χ0) is 52.0. The van der Waals surface area contributed by atoms with Crippen molar-refractivity contribution in [2.24, 2.45) is 0 Å². The molecule has 9 nitrogen and oxygen atoms in total. The topological polar surface area (TPSA) is 111 Å². The third-order valence-corrected chi connectivity index (χ3v) is 12.7. The molecule has 0 radical (unpaired) electrons. The first-order chi connectivity index (χ1) is 34.6. The van der Waals surface area contributed by atoms with Crippen LogP contribution in [0.2, 0.25) is 0 Å². The van der Waals surface area contributed by atoms with Crippen molar-refractivity contribution in [3.05, 3.63) is 60.8 Å². The molecule has 0 saturated carbocycles. The van der Waals surface area contributed by atoms with Gasteiger partial charge in [0.25, 0.3) is 0 Å². The Morgan fingerprint density at radius 1 is 0.423 bits per heavy atom. The molecule has 2 unspecified atom stereocenters. The highest BCUT2D eigenvalue weighted by atomic mass is 16.7. The maximum absolute atomic E-state index is 12.9. The van der Waals surface area contributed by atoms with Crippen molar-refractivity contribution in [2.75, 3.05) is 47.5 Å². The smallest absolute Gasteiger partial charge is 0.306 e. The van der Waals surface area contributed by atoms with Crippen LogP contribution in [-0.4, -0.2) is 82.3 Å². The Morgan fingerprint density at radius 2 is 0.761 bits per heavy atom. The largest absolute Gasteiger partial charge is 0.545 e. The second kappa shape index (κ2) is 53.3. The number of quaternary nitrogens is 1. The SMILES string of the molecule is CCCCC/C=C\C/C=C\CCCCCCCC(=O)OCC(COC(OCC[N+](C)(C)C)C(=O)[O-])OC(=O)CCCCCCCCCCCCCCCCCC/C=C\C/C=C\C/C=C\CCCCCCC. The van der Waals surface area contributed by atoms with Gasteiger partial charge in [-0.2, -0.15) is 0 Å².